The van der Waals surface area contributed by atoms with Gasteiger partial charge in [0.25, 0.3) is 0 Å². The fourth-order valence-electron chi connectivity index (χ4n) is 9.61. The Morgan fingerprint density at radius 2 is 1.69 bits per heavy atom. The first kappa shape index (κ1) is 18.0. The lowest BCUT2D eigenvalue weighted by Gasteiger charge is -2.58. The van der Waals surface area contributed by atoms with Crippen molar-refractivity contribution < 1.29 is 24.1 Å². The van der Waals surface area contributed by atoms with Crippen LogP contribution in [0.1, 0.15) is 64.2 Å². The minimum Gasteiger partial charge on any atom is -0.465 e. The smallest absolute Gasteiger partial charge is 0.312 e. The molecule has 8 bridgehead atoms. The van der Waals surface area contributed by atoms with Crippen molar-refractivity contribution in [2.45, 2.75) is 75.6 Å². The average molecular weight is 403 g/mol. The van der Waals surface area contributed by atoms with E-state index in [0.29, 0.717) is 49.9 Å². The minimum absolute atomic E-state index is 0.0659. The highest BCUT2D eigenvalue weighted by molar-refractivity contribution is 5.77. The maximum absolute atomic E-state index is 13.1. The third-order valence-electron chi connectivity index (χ3n) is 10.1. The number of carbonyl (C=O) groups is 1. The van der Waals surface area contributed by atoms with E-state index < -0.39 is 11.0 Å². The topological polar surface area (TPSA) is 65.0 Å². The molecule has 0 aromatic heterocycles. The Kier molecular flexibility index (Phi) is 3.58. The van der Waals surface area contributed by atoms with E-state index in [-0.39, 0.29) is 17.7 Å². The molecule has 29 heavy (non-hydrogen) atoms. The summed E-state index contributed by atoms with van der Waals surface area (Å²) >= 11 is 0. The summed E-state index contributed by atoms with van der Waals surface area (Å²) in [6.45, 7) is 1.70. The third kappa shape index (κ3) is 2.47. The molecule has 9 aliphatic rings. The maximum Gasteiger partial charge on any atom is 0.312 e. The molecule has 1 N–H and O–H groups in total. The van der Waals surface area contributed by atoms with Crippen LogP contribution in [-0.2, 0) is 19.0 Å². The minimum atomic E-state index is -0.618. The number of hydrogen-bond donors (Lipinski definition) is 1. The quantitative estimate of drug-likeness (QED) is 0.734. The number of ether oxygens (including phenoxy) is 3. The van der Waals surface area contributed by atoms with Gasteiger partial charge < -0.3 is 19.3 Å². The molecule has 5 unspecified atom stereocenters. The Morgan fingerprint density at radius 3 is 2.38 bits per heavy atom. The SMILES string of the molecule is O=C(OCC1COC2(OC1)C1CC3CC(C1)[C@H]2C3)C12CC3CC(CC(O)(C3)C1)C2. The molecule has 6 atom stereocenters. The number of aliphatic hydroxyl groups is 1. The molecule has 1 saturated heterocycles. The van der Waals surface area contributed by atoms with Crippen LogP contribution in [0.5, 0.6) is 0 Å². The summed E-state index contributed by atoms with van der Waals surface area (Å²) in [6, 6.07) is 0. The Labute approximate surface area is 172 Å². The number of hydrogen-bond acceptors (Lipinski definition) is 5. The van der Waals surface area contributed by atoms with Gasteiger partial charge in [-0.15, -0.1) is 0 Å². The molecule has 8 aliphatic carbocycles. The highest BCUT2D eigenvalue weighted by Gasteiger charge is 2.65. The Bertz CT molecular complexity index is 707. The lowest BCUT2D eigenvalue weighted by atomic mass is 9.48. The summed E-state index contributed by atoms with van der Waals surface area (Å²) < 4.78 is 18.8. The molecule has 0 radical (unpaired) electrons. The second-order valence-corrected chi connectivity index (χ2v) is 12.1. The molecule has 9 fully saturated rings. The summed E-state index contributed by atoms with van der Waals surface area (Å²) in [6.07, 6.45) is 10.6. The Hall–Kier alpha value is -0.650. The molecule has 0 aromatic rings. The van der Waals surface area contributed by atoms with Crippen molar-refractivity contribution in [2.24, 2.45) is 46.8 Å². The first-order chi connectivity index (χ1) is 14.0. The molecule has 5 nitrogen and oxygen atoms in total. The second-order valence-electron chi connectivity index (χ2n) is 12.1. The van der Waals surface area contributed by atoms with Crippen LogP contribution < -0.4 is 0 Å². The molecule has 8 saturated carbocycles. The summed E-state index contributed by atoms with van der Waals surface area (Å²) in [4.78, 5) is 13.1. The Balaban J connectivity index is 0.984. The molecule has 160 valence electrons. The number of rotatable bonds is 3. The fourth-order valence-corrected chi connectivity index (χ4v) is 9.61. The molecular formula is C24H34O5. The fraction of sp³-hybridized carbons (Fsp3) is 0.958. The number of esters is 1. The van der Waals surface area contributed by atoms with E-state index in [1.165, 1.54) is 32.1 Å². The van der Waals surface area contributed by atoms with Gasteiger partial charge >= 0.3 is 5.97 Å². The Morgan fingerprint density at radius 1 is 0.931 bits per heavy atom. The van der Waals surface area contributed by atoms with E-state index in [2.05, 4.69) is 0 Å². The molecule has 1 spiro atoms. The lowest BCUT2D eigenvalue weighted by molar-refractivity contribution is -0.329. The molecule has 0 aromatic carbocycles. The van der Waals surface area contributed by atoms with Gasteiger partial charge in [0.2, 0.25) is 0 Å². The molecule has 0 amide bonds. The molecule has 1 heterocycles. The van der Waals surface area contributed by atoms with Crippen LogP contribution in [-0.4, -0.2) is 42.3 Å². The van der Waals surface area contributed by atoms with E-state index in [1.807, 2.05) is 0 Å². The monoisotopic (exact) mass is 402 g/mol. The van der Waals surface area contributed by atoms with Gasteiger partial charge in [-0.05, 0) is 87.9 Å². The van der Waals surface area contributed by atoms with Gasteiger partial charge in [-0.1, -0.05) is 0 Å². The summed E-state index contributed by atoms with van der Waals surface area (Å²) in [7, 11) is 0. The zero-order valence-corrected chi connectivity index (χ0v) is 17.3. The maximum atomic E-state index is 13.1. The zero-order valence-electron chi connectivity index (χ0n) is 17.3. The van der Waals surface area contributed by atoms with Crippen LogP contribution in [0.4, 0.5) is 0 Å². The normalized spacial score (nSPS) is 59.0. The van der Waals surface area contributed by atoms with E-state index in [4.69, 9.17) is 14.2 Å². The van der Waals surface area contributed by atoms with Crippen molar-refractivity contribution >= 4 is 5.97 Å². The van der Waals surface area contributed by atoms with Crippen LogP contribution in [0.15, 0.2) is 0 Å². The largest absolute Gasteiger partial charge is 0.465 e. The summed E-state index contributed by atoms with van der Waals surface area (Å²) in [5.41, 5.74) is -1.05. The predicted molar refractivity (Wildman–Crippen MR) is 104 cm³/mol. The second kappa shape index (κ2) is 5.77. The zero-order chi connectivity index (χ0) is 19.4. The van der Waals surface area contributed by atoms with Crippen molar-refractivity contribution in [3.05, 3.63) is 0 Å². The van der Waals surface area contributed by atoms with Gasteiger partial charge in [0.15, 0.2) is 5.79 Å². The standard InChI is InChI=1S/C24H34O5/c25-21(22-6-15-1-16(7-22)9-23(26,8-15)13-22)27-10-17-11-28-24(29-12-17)19-3-14-2-18(5-19)20(24)4-14/h14-20,26H,1-13H2/t14?,15?,16?,17?,18?,19?,20-,22?,23?,24?/m1/s1. The molecule has 1 aliphatic heterocycles. The highest BCUT2D eigenvalue weighted by atomic mass is 16.7. The predicted octanol–water partition coefficient (Wildman–Crippen LogP) is 3.29. The van der Waals surface area contributed by atoms with Crippen molar-refractivity contribution in [1.82, 2.24) is 0 Å². The highest BCUT2D eigenvalue weighted by Crippen LogP contribution is 2.65. The van der Waals surface area contributed by atoms with Crippen molar-refractivity contribution in [3.8, 4) is 0 Å². The van der Waals surface area contributed by atoms with Crippen LogP contribution in [0.3, 0.4) is 0 Å². The van der Waals surface area contributed by atoms with Crippen LogP contribution in [0, 0.1) is 46.8 Å². The number of carbonyl (C=O) groups excluding carboxylic acids is 1. The van der Waals surface area contributed by atoms with Gasteiger partial charge in [0.05, 0.1) is 30.8 Å². The van der Waals surface area contributed by atoms with Gasteiger partial charge in [-0.25, -0.2) is 0 Å². The molecule has 9 rings (SSSR count). The van der Waals surface area contributed by atoms with E-state index in [0.717, 1.165) is 37.5 Å². The third-order valence-corrected chi connectivity index (χ3v) is 10.1. The van der Waals surface area contributed by atoms with E-state index >= 15 is 0 Å². The van der Waals surface area contributed by atoms with Crippen LogP contribution in [0.25, 0.3) is 0 Å². The van der Waals surface area contributed by atoms with E-state index in [9.17, 15) is 9.90 Å². The summed E-state index contributed by atoms with van der Waals surface area (Å²) in [5.74, 6) is 3.67. The average Bonchev–Trinajstić information content (AvgIpc) is 3.07. The van der Waals surface area contributed by atoms with Crippen molar-refractivity contribution in [2.75, 3.05) is 19.8 Å². The first-order valence-corrected chi connectivity index (χ1v) is 12.1. The van der Waals surface area contributed by atoms with Gasteiger partial charge in [-0.2, -0.15) is 0 Å². The first-order valence-electron chi connectivity index (χ1n) is 12.1. The van der Waals surface area contributed by atoms with Crippen molar-refractivity contribution in [1.29, 1.82) is 0 Å². The lowest BCUT2D eigenvalue weighted by Crippen LogP contribution is -2.58. The van der Waals surface area contributed by atoms with Gasteiger partial charge in [0, 0.05) is 17.8 Å². The van der Waals surface area contributed by atoms with Crippen LogP contribution >= 0.6 is 0 Å². The molecule has 5 heteroatoms. The van der Waals surface area contributed by atoms with Crippen molar-refractivity contribution in [3.63, 3.8) is 0 Å². The van der Waals surface area contributed by atoms with E-state index in [1.54, 1.807) is 0 Å². The molecular weight excluding hydrogens is 368 g/mol. The summed E-state index contributed by atoms with van der Waals surface area (Å²) in [5, 5.41) is 10.9. The van der Waals surface area contributed by atoms with Gasteiger partial charge in [0.1, 0.15) is 0 Å². The van der Waals surface area contributed by atoms with Gasteiger partial charge in [-0.3, -0.25) is 4.79 Å². The van der Waals surface area contributed by atoms with Crippen LogP contribution in [0.2, 0.25) is 0 Å².